The van der Waals surface area contributed by atoms with Gasteiger partial charge in [0.25, 0.3) is 0 Å². The number of azo groups is 2. The summed E-state index contributed by atoms with van der Waals surface area (Å²) < 4.78 is 34.8. The monoisotopic (exact) mass is 462 g/mol. The van der Waals surface area contributed by atoms with E-state index < -0.39 is 15.0 Å². The zero-order valence-electron chi connectivity index (χ0n) is 17.4. The largest absolute Gasteiger partial charge is 1.00 e. The van der Waals surface area contributed by atoms with Crippen molar-refractivity contribution < 1.29 is 42.5 Å². The zero-order chi connectivity index (χ0) is 22.8. The Balaban J connectivity index is 0.00000363. The molecule has 0 saturated heterocycles. The van der Waals surface area contributed by atoms with Gasteiger partial charge < -0.3 is 27.5 Å². The molecule has 0 saturated carbocycles. The molecule has 0 heterocycles. The van der Waals surface area contributed by atoms with Crippen LogP contribution in [0.4, 0.5) is 45.5 Å². The maximum absolute atomic E-state index is 11.6. The number of hydrogen-bond donors (Lipinski definition) is 4. The first-order valence-corrected chi connectivity index (χ1v) is 10.2. The average Bonchev–Trinajstić information content (AvgIpc) is 2.67. The summed E-state index contributed by atoms with van der Waals surface area (Å²) in [5, 5.41) is 16.1. The summed E-state index contributed by atoms with van der Waals surface area (Å²) in [6.45, 7) is 1.63. The molecule has 3 aromatic carbocycles. The number of nitrogens with two attached hydrogens (primary N) is 4. The van der Waals surface area contributed by atoms with Crippen molar-refractivity contribution in [1.29, 1.82) is 0 Å². The molecule has 13 heteroatoms. The SMILES string of the molecule is Cc1c(N=Nc2ccc(N)cc2N)cc(S(=O)(=O)[O-])cc1N=Nc1ccc(N)cc1N.[Na+]. The molecule has 0 amide bonds. The third-order valence-corrected chi connectivity index (χ3v) is 5.06. The van der Waals surface area contributed by atoms with Crippen molar-refractivity contribution in [2.75, 3.05) is 22.9 Å². The van der Waals surface area contributed by atoms with Crippen LogP contribution in [-0.4, -0.2) is 13.0 Å². The smallest absolute Gasteiger partial charge is 0.744 e. The van der Waals surface area contributed by atoms with Crippen LogP contribution in [0.25, 0.3) is 0 Å². The van der Waals surface area contributed by atoms with Crippen molar-refractivity contribution in [2.45, 2.75) is 11.8 Å². The molecule has 3 aromatic rings. The van der Waals surface area contributed by atoms with Crippen LogP contribution >= 0.6 is 0 Å². The predicted octanol–water partition coefficient (Wildman–Crippen LogP) is 1.06. The molecule has 3 rings (SSSR count). The first-order chi connectivity index (χ1) is 14.5. The minimum Gasteiger partial charge on any atom is -0.744 e. The minimum absolute atomic E-state index is 0. The van der Waals surface area contributed by atoms with Crippen molar-refractivity contribution in [3.63, 3.8) is 0 Å². The number of benzene rings is 3. The molecule has 0 fully saturated rings. The van der Waals surface area contributed by atoms with Crippen molar-refractivity contribution in [1.82, 2.24) is 0 Å². The molecular weight excluding hydrogens is 443 g/mol. The summed E-state index contributed by atoms with van der Waals surface area (Å²) in [6, 6.07) is 11.5. The predicted molar refractivity (Wildman–Crippen MR) is 118 cm³/mol. The van der Waals surface area contributed by atoms with E-state index in [1.165, 1.54) is 12.1 Å². The molecule has 0 unspecified atom stereocenters. The number of anilines is 4. The zero-order valence-corrected chi connectivity index (χ0v) is 20.2. The van der Waals surface area contributed by atoms with Gasteiger partial charge in [-0.05, 0) is 55.5 Å². The summed E-state index contributed by atoms with van der Waals surface area (Å²) >= 11 is 0. The standard InChI is InChI=1S/C19H20N8O3S.Na/c1-10-18(26-24-16-4-2-11(20)6-14(16)22)8-13(31(28,29)30)9-19(10)27-25-17-5-3-12(21)7-15(17)23;/h2-9H,20-23H2,1H3,(H,28,29,30);/q;+1/p-1. The molecule has 0 spiro atoms. The number of rotatable bonds is 5. The van der Waals surface area contributed by atoms with Crippen LogP contribution in [0, 0.1) is 6.92 Å². The first-order valence-electron chi connectivity index (χ1n) is 8.78. The van der Waals surface area contributed by atoms with E-state index in [4.69, 9.17) is 22.9 Å². The molecule has 11 nitrogen and oxygen atoms in total. The molecule has 0 aliphatic rings. The third kappa shape index (κ3) is 6.02. The molecule has 8 N–H and O–H groups in total. The summed E-state index contributed by atoms with van der Waals surface area (Å²) in [4.78, 5) is -0.531. The van der Waals surface area contributed by atoms with Crippen LogP contribution < -0.4 is 52.5 Å². The molecule has 160 valence electrons. The summed E-state index contributed by atoms with van der Waals surface area (Å²) in [6.07, 6.45) is 0. The van der Waals surface area contributed by atoms with E-state index in [0.29, 0.717) is 28.3 Å². The topological polar surface area (TPSA) is 211 Å². The van der Waals surface area contributed by atoms with Gasteiger partial charge in [0, 0.05) is 16.9 Å². The fourth-order valence-electron chi connectivity index (χ4n) is 2.55. The summed E-state index contributed by atoms with van der Waals surface area (Å²) in [5.41, 5.74) is 25.8. The van der Waals surface area contributed by atoms with Gasteiger partial charge in [0.2, 0.25) is 0 Å². The first kappa shape index (κ1) is 25.2. The Morgan fingerprint density at radius 2 is 1.06 bits per heavy atom. The Morgan fingerprint density at radius 3 is 1.41 bits per heavy atom. The van der Waals surface area contributed by atoms with E-state index in [-0.39, 0.29) is 52.3 Å². The van der Waals surface area contributed by atoms with E-state index in [2.05, 4.69) is 20.5 Å². The molecule has 0 atom stereocenters. The van der Waals surface area contributed by atoms with E-state index in [0.717, 1.165) is 12.1 Å². The maximum Gasteiger partial charge on any atom is 1.00 e. The van der Waals surface area contributed by atoms with Crippen molar-refractivity contribution in [3.8, 4) is 0 Å². The van der Waals surface area contributed by atoms with E-state index in [1.807, 2.05) is 0 Å². The molecule has 0 radical (unpaired) electrons. The maximum atomic E-state index is 11.6. The van der Waals surface area contributed by atoms with Gasteiger partial charge in [-0.3, -0.25) is 0 Å². The molecule has 0 aromatic heterocycles. The normalized spacial score (nSPS) is 11.7. The van der Waals surface area contributed by atoms with Crippen LogP contribution in [0.2, 0.25) is 0 Å². The Morgan fingerprint density at radius 1 is 0.688 bits per heavy atom. The van der Waals surface area contributed by atoms with Crippen LogP contribution in [0.15, 0.2) is 73.9 Å². The van der Waals surface area contributed by atoms with Gasteiger partial charge in [0.15, 0.2) is 0 Å². The number of nitrogen functional groups attached to an aromatic ring is 4. The van der Waals surface area contributed by atoms with E-state index in [1.54, 1.807) is 31.2 Å². The second-order valence-electron chi connectivity index (χ2n) is 6.58. The molecule has 0 aliphatic heterocycles. The quantitative estimate of drug-likeness (QED) is 0.187. The second kappa shape index (κ2) is 10.1. The average molecular weight is 462 g/mol. The van der Waals surface area contributed by atoms with Crippen molar-refractivity contribution >= 4 is 55.6 Å². The number of nitrogens with zero attached hydrogens (tertiary/aromatic N) is 4. The fraction of sp³-hybridized carbons (Fsp3) is 0.0526. The van der Waals surface area contributed by atoms with Crippen LogP contribution in [-0.2, 0) is 10.1 Å². The van der Waals surface area contributed by atoms with E-state index >= 15 is 0 Å². The van der Waals surface area contributed by atoms with Crippen LogP contribution in [0.1, 0.15) is 5.56 Å². The van der Waals surface area contributed by atoms with Crippen LogP contribution in [0.5, 0.6) is 0 Å². The van der Waals surface area contributed by atoms with Crippen molar-refractivity contribution in [2.24, 2.45) is 20.5 Å². The Kier molecular flexibility index (Phi) is 7.93. The van der Waals surface area contributed by atoms with Gasteiger partial charge in [-0.2, -0.15) is 10.2 Å². The summed E-state index contributed by atoms with van der Waals surface area (Å²) in [5.74, 6) is 0. The molecule has 0 aliphatic carbocycles. The third-order valence-electron chi connectivity index (χ3n) is 4.25. The molecule has 32 heavy (non-hydrogen) atoms. The van der Waals surface area contributed by atoms with Gasteiger partial charge in [0.1, 0.15) is 21.5 Å². The molecule has 0 bridgehead atoms. The van der Waals surface area contributed by atoms with Gasteiger partial charge in [-0.15, -0.1) is 10.2 Å². The Hall–Kier alpha value is -3.03. The van der Waals surface area contributed by atoms with Crippen LogP contribution in [0.3, 0.4) is 0 Å². The van der Waals surface area contributed by atoms with Gasteiger partial charge >= 0.3 is 29.6 Å². The second-order valence-corrected chi connectivity index (χ2v) is 7.96. The van der Waals surface area contributed by atoms with E-state index in [9.17, 15) is 13.0 Å². The summed E-state index contributed by atoms with van der Waals surface area (Å²) in [7, 11) is -4.79. The van der Waals surface area contributed by atoms with Gasteiger partial charge in [-0.25, -0.2) is 8.42 Å². The number of hydrogen-bond acceptors (Lipinski definition) is 11. The van der Waals surface area contributed by atoms with Crippen molar-refractivity contribution in [3.05, 3.63) is 54.1 Å². The van der Waals surface area contributed by atoms with Gasteiger partial charge in [0.05, 0.1) is 27.6 Å². The Bertz CT molecular complexity index is 1240. The minimum atomic E-state index is -4.79. The fourth-order valence-corrected chi connectivity index (χ4v) is 3.07. The molecular formula is C19H19N8NaO3S. The van der Waals surface area contributed by atoms with Gasteiger partial charge in [-0.1, -0.05) is 0 Å². The Labute approximate surface area is 206 Å².